The first kappa shape index (κ1) is 20.6. The van der Waals surface area contributed by atoms with Crippen LogP contribution in [0.5, 0.6) is 0 Å². The lowest BCUT2D eigenvalue weighted by Gasteiger charge is -2.13. The van der Waals surface area contributed by atoms with Gasteiger partial charge in [0.25, 0.3) is 5.91 Å². The molecule has 31 heavy (non-hydrogen) atoms. The van der Waals surface area contributed by atoms with Crippen molar-refractivity contribution in [2.24, 2.45) is 0 Å². The third-order valence-corrected chi connectivity index (χ3v) is 4.64. The molecule has 1 amide bonds. The Morgan fingerprint density at radius 3 is 2.58 bits per heavy atom. The summed E-state index contributed by atoms with van der Waals surface area (Å²) in [5, 5.41) is 10.1. The molecule has 162 valence electrons. The highest BCUT2D eigenvalue weighted by Crippen LogP contribution is 2.40. The number of hydrogen-bond donors (Lipinski definition) is 1. The molecule has 0 radical (unpaired) electrons. The van der Waals surface area contributed by atoms with E-state index >= 15 is 0 Å². The zero-order chi connectivity index (χ0) is 22.2. The van der Waals surface area contributed by atoms with Crippen LogP contribution in [0.1, 0.15) is 58.0 Å². The van der Waals surface area contributed by atoms with Crippen molar-refractivity contribution >= 4 is 17.6 Å². The number of amides is 1. The van der Waals surface area contributed by atoms with Gasteiger partial charge in [0, 0.05) is 17.7 Å². The summed E-state index contributed by atoms with van der Waals surface area (Å²) < 4.78 is 51.2. The van der Waals surface area contributed by atoms with Crippen LogP contribution in [0.25, 0.3) is 5.69 Å². The Labute approximate surface area is 174 Å². The molecule has 1 fully saturated rings. The first-order valence-electron chi connectivity index (χ1n) is 9.48. The van der Waals surface area contributed by atoms with Crippen molar-refractivity contribution in [3.8, 4) is 5.69 Å². The molecule has 2 heterocycles. The van der Waals surface area contributed by atoms with E-state index < -0.39 is 29.3 Å². The number of alkyl halides is 3. The molecule has 0 saturated heterocycles. The Kier molecular flexibility index (Phi) is 5.25. The maximum absolute atomic E-state index is 13.6. The molecule has 2 aromatic heterocycles. The van der Waals surface area contributed by atoms with Crippen molar-refractivity contribution in [2.45, 2.75) is 31.9 Å². The minimum Gasteiger partial charge on any atom is -0.462 e. The van der Waals surface area contributed by atoms with Crippen molar-refractivity contribution in [1.82, 2.24) is 14.9 Å². The zero-order valence-electron chi connectivity index (χ0n) is 16.3. The summed E-state index contributed by atoms with van der Waals surface area (Å²) in [6.07, 6.45) is -2.01. The van der Waals surface area contributed by atoms with E-state index in [-0.39, 0.29) is 18.0 Å². The summed E-state index contributed by atoms with van der Waals surface area (Å²) in [6.45, 7) is 1.43. The molecule has 0 aliphatic heterocycles. The molecule has 8 nitrogen and oxygen atoms in total. The Morgan fingerprint density at radius 1 is 1.26 bits per heavy atom. The first-order chi connectivity index (χ1) is 14.8. The maximum Gasteiger partial charge on any atom is 0.434 e. The predicted octanol–water partition coefficient (Wildman–Crippen LogP) is 4.19. The minimum absolute atomic E-state index is 0.0540. The van der Waals surface area contributed by atoms with Crippen LogP contribution in [0.4, 0.5) is 18.9 Å². The number of hydrogen-bond acceptors (Lipinski definition) is 6. The quantitative estimate of drug-likeness (QED) is 0.584. The smallest absolute Gasteiger partial charge is 0.434 e. The maximum atomic E-state index is 13.6. The van der Waals surface area contributed by atoms with Crippen molar-refractivity contribution < 1.29 is 32.0 Å². The monoisotopic (exact) mass is 434 g/mol. The molecule has 0 atom stereocenters. The second-order valence-electron chi connectivity index (χ2n) is 6.93. The largest absolute Gasteiger partial charge is 0.462 e. The molecule has 11 heteroatoms. The number of nitrogens with zero attached hydrogens (tertiary/aromatic N) is 3. The molecule has 0 unspecified atom stereocenters. The van der Waals surface area contributed by atoms with Gasteiger partial charge in [0.15, 0.2) is 11.4 Å². The van der Waals surface area contributed by atoms with Crippen molar-refractivity contribution in [3.63, 3.8) is 0 Å². The average Bonchev–Trinajstić information content (AvgIpc) is 3.27. The van der Waals surface area contributed by atoms with Gasteiger partial charge in [-0.05, 0) is 44.0 Å². The highest BCUT2D eigenvalue weighted by Gasteiger charge is 2.41. The van der Waals surface area contributed by atoms with Gasteiger partial charge in [-0.25, -0.2) is 9.48 Å². The minimum atomic E-state index is -4.84. The number of ether oxygens (including phenoxy) is 1. The van der Waals surface area contributed by atoms with E-state index in [1.165, 1.54) is 31.2 Å². The van der Waals surface area contributed by atoms with Crippen molar-refractivity contribution in [2.75, 3.05) is 11.9 Å². The summed E-state index contributed by atoms with van der Waals surface area (Å²) in [6, 6.07) is 7.09. The number of halogens is 3. The van der Waals surface area contributed by atoms with Crippen LogP contribution >= 0.6 is 0 Å². The van der Waals surface area contributed by atoms with E-state index in [0.717, 1.165) is 19.0 Å². The van der Waals surface area contributed by atoms with Crippen LogP contribution in [0, 0.1) is 0 Å². The molecule has 1 aromatic carbocycles. The van der Waals surface area contributed by atoms with Gasteiger partial charge < -0.3 is 14.6 Å². The van der Waals surface area contributed by atoms with Crippen LogP contribution in [-0.4, -0.2) is 33.4 Å². The lowest BCUT2D eigenvalue weighted by Crippen LogP contribution is -2.18. The Morgan fingerprint density at radius 2 is 1.97 bits per heavy atom. The molecule has 4 rings (SSSR count). The number of anilines is 1. The van der Waals surface area contributed by atoms with E-state index in [1.54, 1.807) is 6.07 Å². The third kappa shape index (κ3) is 4.30. The number of rotatable bonds is 6. The first-order valence-corrected chi connectivity index (χ1v) is 9.48. The van der Waals surface area contributed by atoms with E-state index in [0.29, 0.717) is 22.0 Å². The lowest BCUT2D eigenvalue weighted by atomic mass is 10.2. The molecule has 0 bridgehead atoms. The van der Waals surface area contributed by atoms with Gasteiger partial charge in [0.05, 0.1) is 18.5 Å². The molecular weight excluding hydrogens is 417 g/mol. The second-order valence-corrected chi connectivity index (χ2v) is 6.93. The third-order valence-electron chi connectivity index (χ3n) is 4.64. The zero-order valence-corrected chi connectivity index (χ0v) is 16.3. The normalized spacial score (nSPS) is 13.8. The van der Waals surface area contributed by atoms with Gasteiger partial charge in [-0.1, -0.05) is 5.16 Å². The Hall–Kier alpha value is -3.63. The number of benzene rings is 1. The predicted molar refractivity (Wildman–Crippen MR) is 101 cm³/mol. The van der Waals surface area contributed by atoms with Crippen LogP contribution in [-0.2, 0) is 10.9 Å². The van der Waals surface area contributed by atoms with E-state index in [2.05, 4.69) is 20.3 Å². The number of carbonyl (C=O) groups is 2. The molecule has 1 aliphatic rings. The van der Waals surface area contributed by atoms with Crippen LogP contribution < -0.4 is 5.32 Å². The molecular formula is C20H17F3N4O4. The van der Waals surface area contributed by atoms with Crippen molar-refractivity contribution in [3.05, 3.63) is 59.2 Å². The lowest BCUT2D eigenvalue weighted by molar-refractivity contribution is -0.143. The topological polar surface area (TPSA) is 99.2 Å². The number of nitrogens with one attached hydrogen (secondary N) is 1. The summed E-state index contributed by atoms with van der Waals surface area (Å²) in [4.78, 5) is 24.2. The van der Waals surface area contributed by atoms with Gasteiger partial charge in [0.1, 0.15) is 11.3 Å². The van der Waals surface area contributed by atoms with Crippen LogP contribution in [0.2, 0.25) is 0 Å². The Balaban J connectivity index is 1.55. The Bertz CT molecular complexity index is 1110. The highest BCUT2D eigenvalue weighted by atomic mass is 19.4. The molecule has 1 saturated carbocycles. The SMILES string of the molecule is CCOC(=O)c1cnn(-c2ccc(NC(=O)c3cc(C4CC4)on3)cc2)c1C(F)(F)F. The standard InChI is InChI=1S/C20H17F3N4O4/c1-2-30-19(29)14-10-24-27(17(14)20(21,22)23)13-7-5-12(6-8-13)25-18(28)15-9-16(31-26-15)11-3-4-11/h5-11H,2-4H2,1H3,(H,25,28). The van der Waals surface area contributed by atoms with Gasteiger partial charge in [-0.3, -0.25) is 4.79 Å². The molecule has 1 N–H and O–H groups in total. The van der Waals surface area contributed by atoms with Crippen LogP contribution in [0.15, 0.2) is 41.1 Å². The second kappa shape index (κ2) is 7.89. The summed E-state index contributed by atoms with van der Waals surface area (Å²) in [5.41, 5.74) is -1.40. The van der Waals surface area contributed by atoms with Gasteiger partial charge in [-0.2, -0.15) is 18.3 Å². The van der Waals surface area contributed by atoms with Crippen LogP contribution in [0.3, 0.4) is 0 Å². The fourth-order valence-corrected chi connectivity index (χ4v) is 3.01. The fraction of sp³-hybridized carbons (Fsp3) is 0.300. The summed E-state index contributed by atoms with van der Waals surface area (Å²) >= 11 is 0. The van der Waals surface area contributed by atoms with Gasteiger partial charge >= 0.3 is 12.1 Å². The molecule has 0 spiro atoms. The van der Waals surface area contributed by atoms with E-state index in [9.17, 15) is 22.8 Å². The fourth-order valence-electron chi connectivity index (χ4n) is 3.01. The summed E-state index contributed by atoms with van der Waals surface area (Å²) in [5.74, 6) is -0.632. The molecule has 3 aromatic rings. The number of esters is 1. The highest BCUT2D eigenvalue weighted by molar-refractivity contribution is 6.02. The van der Waals surface area contributed by atoms with E-state index in [4.69, 9.17) is 4.52 Å². The van der Waals surface area contributed by atoms with Gasteiger partial charge in [-0.15, -0.1) is 0 Å². The number of aromatic nitrogens is 3. The van der Waals surface area contributed by atoms with Gasteiger partial charge in [0.2, 0.25) is 0 Å². The van der Waals surface area contributed by atoms with E-state index in [1.807, 2.05) is 0 Å². The molecule has 1 aliphatic carbocycles. The summed E-state index contributed by atoms with van der Waals surface area (Å²) in [7, 11) is 0. The van der Waals surface area contributed by atoms with Crippen molar-refractivity contribution in [1.29, 1.82) is 0 Å². The number of carbonyl (C=O) groups excluding carboxylic acids is 2. The average molecular weight is 434 g/mol.